The summed E-state index contributed by atoms with van der Waals surface area (Å²) in [6.07, 6.45) is 5.29. The molecule has 7 nitrogen and oxygen atoms in total. The van der Waals surface area contributed by atoms with Crippen LogP contribution >= 0.6 is 0 Å². The summed E-state index contributed by atoms with van der Waals surface area (Å²) in [6.45, 7) is 0. The molecule has 3 aliphatic heterocycles. The smallest absolute Gasteiger partial charge is 0.272 e. The van der Waals surface area contributed by atoms with Crippen LogP contribution in [0.1, 0.15) is 12.8 Å². The van der Waals surface area contributed by atoms with Crippen molar-refractivity contribution in [3.05, 3.63) is 18.2 Å². The Morgan fingerprint density at radius 1 is 1.47 bits per heavy atom. The second-order valence-corrected chi connectivity index (χ2v) is 4.70. The van der Waals surface area contributed by atoms with E-state index in [4.69, 9.17) is 0 Å². The van der Waals surface area contributed by atoms with Crippen molar-refractivity contribution in [1.82, 2.24) is 10.6 Å². The van der Waals surface area contributed by atoms with Gasteiger partial charge in [0, 0.05) is 17.9 Å². The molecular weight excluding hydrogens is 248 g/mol. The van der Waals surface area contributed by atoms with E-state index in [1.165, 1.54) is 12.2 Å². The lowest BCUT2D eigenvalue weighted by Gasteiger charge is -2.49. The van der Waals surface area contributed by atoms with Gasteiger partial charge in [0.25, 0.3) is 11.8 Å². The van der Waals surface area contributed by atoms with Crippen LogP contribution in [0.5, 0.6) is 0 Å². The highest BCUT2D eigenvalue weighted by atomic mass is 16.2. The first-order valence-corrected chi connectivity index (χ1v) is 5.82. The van der Waals surface area contributed by atoms with Crippen molar-refractivity contribution in [3.8, 4) is 0 Å². The van der Waals surface area contributed by atoms with Gasteiger partial charge in [-0.05, 0) is 18.9 Å². The molecule has 0 atom stereocenters. The third kappa shape index (κ3) is 1.80. The average molecular weight is 258 g/mol. The Bertz CT molecular complexity index is 604. The summed E-state index contributed by atoms with van der Waals surface area (Å²) >= 11 is 0. The highest BCUT2D eigenvalue weighted by Crippen LogP contribution is 2.41. The van der Waals surface area contributed by atoms with Gasteiger partial charge in [-0.1, -0.05) is 6.08 Å². The Morgan fingerprint density at radius 2 is 2.26 bits per heavy atom. The van der Waals surface area contributed by atoms with Crippen LogP contribution < -0.4 is 10.6 Å². The largest absolute Gasteiger partial charge is 0.336 e. The molecule has 2 N–H and O–H groups in total. The van der Waals surface area contributed by atoms with Gasteiger partial charge in [-0.15, -0.1) is 10.2 Å². The van der Waals surface area contributed by atoms with E-state index in [1.54, 1.807) is 6.08 Å². The van der Waals surface area contributed by atoms with Gasteiger partial charge in [0.2, 0.25) is 5.91 Å². The first-order chi connectivity index (χ1) is 9.11. The van der Waals surface area contributed by atoms with Gasteiger partial charge in [-0.3, -0.25) is 19.7 Å². The van der Waals surface area contributed by atoms with Gasteiger partial charge in [0.1, 0.15) is 5.54 Å². The molecule has 0 aromatic carbocycles. The minimum absolute atomic E-state index is 0.101. The van der Waals surface area contributed by atoms with E-state index in [9.17, 15) is 14.4 Å². The second-order valence-electron chi connectivity index (χ2n) is 4.70. The summed E-state index contributed by atoms with van der Waals surface area (Å²) in [5.74, 6) is 1.10. The number of amides is 3. The molecule has 3 heterocycles. The van der Waals surface area contributed by atoms with E-state index < -0.39 is 17.4 Å². The quantitative estimate of drug-likeness (QED) is 0.625. The molecule has 1 aliphatic carbocycles. The fraction of sp³-hybridized carbons (Fsp3) is 0.333. The van der Waals surface area contributed by atoms with Crippen molar-refractivity contribution >= 4 is 29.3 Å². The van der Waals surface area contributed by atoms with E-state index in [0.29, 0.717) is 12.8 Å². The van der Waals surface area contributed by atoms with Crippen molar-refractivity contribution < 1.29 is 14.4 Å². The molecular formula is C12H10N4O3. The lowest BCUT2D eigenvalue weighted by atomic mass is 9.64. The molecule has 3 amide bonds. The Morgan fingerprint density at radius 3 is 3.00 bits per heavy atom. The van der Waals surface area contributed by atoms with Crippen molar-refractivity contribution in [2.24, 2.45) is 16.1 Å². The number of hydrogen-bond acceptors (Lipinski definition) is 5. The fourth-order valence-electron chi connectivity index (χ4n) is 2.38. The van der Waals surface area contributed by atoms with E-state index in [1.807, 2.05) is 0 Å². The predicted octanol–water partition coefficient (Wildman–Crippen LogP) is -0.940. The summed E-state index contributed by atoms with van der Waals surface area (Å²) in [5, 5.41) is 12.1. The second kappa shape index (κ2) is 4.00. The third-order valence-corrected chi connectivity index (χ3v) is 3.46. The number of nitrogens with zero attached hydrogens (tertiary/aromatic N) is 2. The number of allylic oxidation sites excluding steroid dienone is 2. The van der Waals surface area contributed by atoms with Gasteiger partial charge in [0.15, 0.2) is 5.71 Å². The minimum atomic E-state index is -0.977. The molecule has 3 fully saturated rings. The maximum absolute atomic E-state index is 12.0. The molecule has 2 saturated heterocycles. The molecule has 0 aromatic heterocycles. The minimum Gasteiger partial charge on any atom is -0.336 e. The lowest BCUT2D eigenvalue weighted by Crippen LogP contribution is -2.73. The van der Waals surface area contributed by atoms with Crippen molar-refractivity contribution in [2.45, 2.75) is 18.4 Å². The van der Waals surface area contributed by atoms with Gasteiger partial charge in [-0.25, -0.2) is 0 Å². The van der Waals surface area contributed by atoms with Gasteiger partial charge in [0.05, 0.1) is 0 Å². The van der Waals surface area contributed by atoms with Crippen LogP contribution in [0.25, 0.3) is 0 Å². The maximum Gasteiger partial charge on any atom is 0.272 e. The van der Waals surface area contributed by atoms with E-state index in [0.717, 1.165) is 0 Å². The molecule has 4 aliphatic rings. The Balaban J connectivity index is 1.75. The molecule has 1 saturated carbocycles. The number of piperidine rings is 2. The van der Waals surface area contributed by atoms with Crippen LogP contribution in [-0.4, -0.2) is 34.8 Å². The number of fused-ring (bicyclic) bond motifs is 2. The van der Waals surface area contributed by atoms with Crippen LogP contribution in [0.2, 0.25) is 0 Å². The maximum atomic E-state index is 12.0. The average Bonchev–Trinajstić information content (AvgIpc) is 2.59. The molecule has 0 aromatic rings. The predicted molar refractivity (Wildman–Crippen MR) is 65.3 cm³/mol. The first-order valence-electron chi connectivity index (χ1n) is 5.82. The third-order valence-electron chi connectivity index (χ3n) is 3.46. The number of carbonyl (C=O) groups excluding carboxylic acids is 3. The zero-order chi connectivity index (χ0) is 13.5. The first kappa shape index (κ1) is 11.6. The summed E-state index contributed by atoms with van der Waals surface area (Å²) in [4.78, 5) is 35.1. The lowest BCUT2D eigenvalue weighted by molar-refractivity contribution is -0.154. The standard InChI is InChI=1S/C12H10N4O3/c17-9-7-5-12(6-7,11(19)14-9)15-10(18)8-3-1-2-4-13-16-8/h1-3,7H,5-6H2,(H,15,18)(H,14,17,19). The number of rotatable bonds is 2. The van der Waals surface area contributed by atoms with Crippen LogP contribution in [0, 0.1) is 5.92 Å². The Labute approximate surface area is 108 Å². The van der Waals surface area contributed by atoms with Crippen molar-refractivity contribution in [2.75, 3.05) is 0 Å². The molecule has 0 radical (unpaired) electrons. The molecule has 19 heavy (non-hydrogen) atoms. The summed E-state index contributed by atoms with van der Waals surface area (Å²) < 4.78 is 0. The van der Waals surface area contributed by atoms with Gasteiger partial charge >= 0.3 is 0 Å². The van der Waals surface area contributed by atoms with Crippen LogP contribution in [0.4, 0.5) is 0 Å². The Kier molecular flexibility index (Phi) is 2.43. The summed E-state index contributed by atoms with van der Waals surface area (Å²) in [7, 11) is 0. The highest BCUT2D eigenvalue weighted by Gasteiger charge is 2.58. The molecule has 2 bridgehead atoms. The Hall–Kier alpha value is -2.53. The van der Waals surface area contributed by atoms with Crippen molar-refractivity contribution in [1.29, 1.82) is 0 Å². The fourth-order valence-corrected chi connectivity index (χ4v) is 2.38. The monoisotopic (exact) mass is 258 g/mol. The topological polar surface area (TPSA) is 100.0 Å². The summed E-state index contributed by atoms with van der Waals surface area (Å²) in [5.41, 5.74) is -0.876. The molecule has 96 valence electrons. The summed E-state index contributed by atoms with van der Waals surface area (Å²) in [6, 6.07) is 0. The van der Waals surface area contributed by atoms with Crippen LogP contribution in [0.3, 0.4) is 0 Å². The molecule has 4 rings (SSSR count). The molecule has 0 spiro atoms. The van der Waals surface area contributed by atoms with Gasteiger partial charge in [-0.2, -0.15) is 0 Å². The molecule has 0 unspecified atom stereocenters. The van der Waals surface area contributed by atoms with Crippen molar-refractivity contribution in [3.63, 3.8) is 0 Å². The number of nitrogens with one attached hydrogen (secondary N) is 2. The number of hydrogen-bond donors (Lipinski definition) is 2. The van der Waals surface area contributed by atoms with E-state index >= 15 is 0 Å². The number of imide groups is 1. The normalized spacial score (nSPS) is 31.2. The zero-order valence-corrected chi connectivity index (χ0v) is 9.84. The SMILES string of the molecule is O=C(NC12CC(C1)C(=O)NC2=O)C1=NN=C=CC=C1. The zero-order valence-electron chi connectivity index (χ0n) is 9.84. The van der Waals surface area contributed by atoms with E-state index in [-0.39, 0.29) is 17.5 Å². The van der Waals surface area contributed by atoms with Crippen LogP contribution in [0.15, 0.2) is 28.4 Å². The molecule has 7 heteroatoms. The van der Waals surface area contributed by atoms with E-state index in [2.05, 4.69) is 26.7 Å². The highest BCUT2D eigenvalue weighted by molar-refractivity contribution is 6.44. The number of carbonyl (C=O) groups is 3. The van der Waals surface area contributed by atoms with Gasteiger partial charge < -0.3 is 5.32 Å². The van der Waals surface area contributed by atoms with Crippen LogP contribution in [-0.2, 0) is 14.4 Å².